The zero-order chi connectivity index (χ0) is 11.7. The minimum Gasteiger partial charge on any atom is -0.389 e. The van der Waals surface area contributed by atoms with Crippen LogP contribution in [-0.2, 0) is 4.79 Å². The summed E-state index contributed by atoms with van der Waals surface area (Å²) in [6.07, 6.45) is 3.86. The van der Waals surface area contributed by atoms with Gasteiger partial charge in [-0.2, -0.15) is 0 Å². The summed E-state index contributed by atoms with van der Waals surface area (Å²) in [4.78, 5) is 11.5. The first kappa shape index (κ1) is 13.8. The first-order valence-corrected chi connectivity index (χ1v) is 5.51. The summed E-state index contributed by atoms with van der Waals surface area (Å²) in [6, 6.07) is 0. The lowest BCUT2D eigenvalue weighted by Crippen LogP contribution is -2.25. The molecular formula is C12H22N2O. The zero-order valence-electron chi connectivity index (χ0n) is 10.0. The van der Waals surface area contributed by atoms with Gasteiger partial charge in [-0.25, -0.2) is 0 Å². The maximum Gasteiger partial charge on any atom is 0.250 e. The lowest BCUT2D eigenvalue weighted by Gasteiger charge is -2.06. The number of allylic oxidation sites excluding steroid dienone is 1. The van der Waals surface area contributed by atoms with Gasteiger partial charge in [0.1, 0.15) is 0 Å². The zero-order valence-corrected chi connectivity index (χ0v) is 10.0. The molecule has 1 amide bonds. The summed E-state index contributed by atoms with van der Waals surface area (Å²) in [5.74, 6) is -0.0827. The molecule has 0 aromatic rings. The van der Waals surface area contributed by atoms with Crippen molar-refractivity contribution < 1.29 is 4.79 Å². The highest BCUT2D eigenvalue weighted by Crippen LogP contribution is 1.97. The molecule has 2 N–H and O–H groups in total. The molecule has 0 aliphatic heterocycles. The minimum absolute atomic E-state index is 0.0827. The third-order valence-corrected chi connectivity index (χ3v) is 1.95. The van der Waals surface area contributed by atoms with Crippen molar-refractivity contribution in [1.82, 2.24) is 10.6 Å². The smallest absolute Gasteiger partial charge is 0.250 e. The van der Waals surface area contributed by atoms with E-state index in [1.807, 2.05) is 13.8 Å². The van der Waals surface area contributed by atoms with E-state index in [-0.39, 0.29) is 5.91 Å². The monoisotopic (exact) mass is 210 g/mol. The Morgan fingerprint density at radius 2 is 2.00 bits per heavy atom. The fourth-order valence-electron chi connectivity index (χ4n) is 1.15. The Morgan fingerprint density at radius 3 is 2.53 bits per heavy atom. The standard InChI is InChI=1S/C12H22N2O/c1-5-7-8-14-12(15)10(3)9-11(4)13-6-2/h9,13H,3,5-8H2,1-2,4H3,(H,14,15)/b11-9-. The van der Waals surface area contributed by atoms with Crippen molar-refractivity contribution in [3.05, 3.63) is 23.9 Å². The van der Waals surface area contributed by atoms with E-state index >= 15 is 0 Å². The van der Waals surface area contributed by atoms with E-state index in [1.54, 1.807) is 6.08 Å². The molecule has 0 fully saturated rings. The quantitative estimate of drug-likeness (QED) is 0.383. The maximum absolute atomic E-state index is 11.5. The topological polar surface area (TPSA) is 41.1 Å². The highest BCUT2D eigenvalue weighted by Gasteiger charge is 2.02. The van der Waals surface area contributed by atoms with Crippen LogP contribution >= 0.6 is 0 Å². The molecule has 0 heterocycles. The Labute approximate surface area is 92.6 Å². The van der Waals surface area contributed by atoms with Gasteiger partial charge in [-0.05, 0) is 26.3 Å². The molecule has 15 heavy (non-hydrogen) atoms. The van der Waals surface area contributed by atoms with E-state index in [1.165, 1.54) is 0 Å². The van der Waals surface area contributed by atoms with E-state index in [0.717, 1.165) is 31.6 Å². The summed E-state index contributed by atoms with van der Waals surface area (Å²) in [5.41, 5.74) is 1.47. The van der Waals surface area contributed by atoms with E-state index in [2.05, 4.69) is 24.1 Å². The van der Waals surface area contributed by atoms with Gasteiger partial charge in [0.2, 0.25) is 0 Å². The summed E-state index contributed by atoms with van der Waals surface area (Å²) < 4.78 is 0. The number of hydrogen-bond donors (Lipinski definition) is 2. The molecule has 3 nitrogen and oxygen atoms in total. The van der Waals surface area contributed by atoms with Crippen LogP contribution in [0, 0.1) is 0 Å². The third kappa shape index (κ3) is 6.77. The van der Waals surface area contributed by atoms with Crippen LogP contribution in [0.5, 0.6) is 0 Å². The average Bonchev–Trinajstić information content (AvgIpc) is 2.18. The molecule has 0 saturated carbocycles. The Kier molecular flexibility index (Phi) is 7.42. The summed E-state index contributed by atoms with van der Waals surface area (Å²) in [7, 11) is 0. The fourth-order valence-corrected chi connectivity index (χ4v) is 1.15. The molecule has 86 valence electrons. The molecule has 0 bridgehead atoms. The van der Waals surface area contributed by atoms with Gasteiger partial charge in [-0.3, -0.25) is 4.79 Å². The van der Waals surface area contributed by atoms with Crippen molar-refractivity contribution in [2.45, 2.75) is 33.6 Å². The molecule has 0 aliphatic rings. The number of hydrogen-bond acceptors (Lipinski definition) is 2. The molecule has 0 atom stereocenters. The minimum atomic E-state index is -0.0827. The van der Waals surface area contributed by atoms with Gasteiger partial charge >= 0.3 is 0 Å². The lowest BCUT2D eigenvalue weighted by atomic mass is 10.2. The van der Waals surface area contributed by atoms with Gasteiger partial charge in [0.05, 0.1) is 0 Å². The van der Waals surface area contributed by atoms with E-state index in [4.69, 9.17) is 0 Å². The Balaban J connectivity index is 3.98. The second-order valence-electron chi connectivity index (χ2n) is 3.49. The van der Waals surface area contributed by atoms with Crippen molar-refractivity contribution in [3.8, 4) is 0 Å². The second kappa shape index (κ2) is 8.09. The van der Waals surface area contributed by atoms with Gasteiger partial charge < -0.3 is 10.6 Å². The van der Waals surface area contributed by atoms with Crippen LogP contribution in [0.1, 0.15) is 33.6 Å². The number of nitrogens with one attached hydrogen (secondary N) is 2. The van der Waals surface area contributed by atoms with Crippen molar-refractivity contribution in [1.29, 1.82) is 0 Å². The molecule has 0 aromatic heterocycles. The predicted molar refractivity (Wildman–Crippen MR) is 64.5 cm³/mol. The van der Waals surface area contributed by atoms with Crippen LogP contribution in [0.3, 0.4) is 0 Å². The van der Waals surface area contributed by atoms with E-state index < -0.39 is 0 Å². The van der Waals surface area contributed by atoms with Crippen LogP contribution in [0.25, 0.3) is 0 Å². The normalized spacial score (nSPS) is 11.0. The second-order valence-corrected chi connectivity index (χ2v) is 3.49. The van der Waals surface area contributed by atoms with Crippen LogP contribution in [-0.4, -0.2) is 19.0 Å². The van der Waals surface area contributed by atoms with Crippen molar-refractivity contribution in [2.24, 2.45) is 0 Å². The van der Waals surface area contributed by atoms with Crippen LogP contribution in [0.15, 0.2) is 23.9 Å². The average molecular weight is 210 g/mol. The summed E-state index contributed by atoms with van der Waals surface area (Å²) >= 11 is 0. The maximum atomic E-state index is 11.5. The SMILES string of the molecule is C=C(/C=C(/C)NCC)C(=O)NCCCC. The molecule has 0 unspecified atom stereocenters. The molecular weight excluding hydrogens is 188 g/mol. The fraction of sp³-hybridized carbons (Fsp3) is 0.583. The van der Waals surface area contributed by atoms with Crippen molar-refractivity contribution in [2.75, 3.05) is 13.1 Å². The van der Waals surface area contributed by atoms with E-state index in [0.29, 0.717) is 5.57 Å². The molecule has 3 heteroatoms. The Morgan fingerprint density at radius 1 is 1.33 bits per heavy atom. The van der Waals surface area contributed by atoms with Gasteiger partial charge in [-0.15, -0.1) is 0 Å². The van der Waals surface area contributed by atoms with Gasteiger partial charge in [0.15, 0.2) is 0 Å². The molecule has 0 radical (unpaired) electrons. The van der Waals surface area contributed by atoms with Gasteiger partial charge in [0.25, 0.3) is 5.91 Å². The number of amides is 1. The summed E-state index contributed by atoms with van der Waals surface area (Å²) in [6.45, 7) is 11.3. The molecule has 0 aliphatic carbocycles. The van der Waals surface area contributed by atoms with Crippen molar-refractivity contribution in [3.63, 3.8) is 0 Å². The first-order chi connectivity index (χ1) is 7.11. The van der Waals surface area contributed by atoms with Gasteiger partial charge in [0, 0.05) is 24.4 Å². The highest BCUT2D eigenvalue weighted by atomic mass is 16.1. The molecule has 0 aromatic carbocycles. The number of unbranched alkanes of at least 4 members (excludes halogenated alkanes) is 1. The lowest BCUT2D eigenvalue weighted by molar-refractivity contribution is -0.117. The van der Waals surface area contributed by atoms with Crippen LogP contribution in [0.2, 0.25) is 0 Å². The van der Waals surface area contributed by atoms with Crippen LogP contribution in [0.4, 0.5) is 0 Å². The van der Waals surface area contributed by atoms with Crippen LogP contribution < -0.4 is 10.6 Å². The Hall–Kier alpha value is -1.25. The summed E-state index contributed by atoms with van der Waals surface area (Å²) in [5, 5.41) is 5.94. The number of rotatable bonds is 7. The third-order valence-electron chi connectivity index (χ3n) is 1.95. The van der Waals surface area contributed by atoms with Gasteiger partial charge in [-0.1, -0.05) is 19.9 Å². The Bertz CT molecular complexity index is 244. The highest BCUT2D eigenvalue weighted by molar-refractivity contribution is 5.95. The van der Waals surface area contributed by atoms with Crippen molar-refractivity contribution >= 4 is 5.91 Å². The van der Waals surface area contributed by atoms with E-state index in [9.17, 15) is 4.79 Å². The molecule has 0 rings (SSSR count). The number of carbonyl (C=O) groups excluding carboxylic acids is 1. The molecule has 0 spiro atoms. The number of carbonyl (C=O) groups is 1. The predicted octanol–water partition coefficient (Wildman–Crippen LogP) is 1.97. The first-order valence-electron chi connectivity index (χ1n) is 5.51. The molecule has 0 saturated heterocycles. The largest absolute Gasteiger partial charge is 0.389 e.